The number of para-hydroxylation sites is 2. The number of rotatable bonds is 6. The summed E-state index contributed by atoms with van der Waals surface area (Å²) < 4.78 is 5.33. The number of H-pyrrole nitrogens is 1. The van der Waals surface area contributed by atoms with Crippen molar-refractivity contribution in [3.05, 3.63) is 65.9 Å². The fourth-order valence-corrected chi connectivity index (χ4v) is 3.80. The molecular formula is C22H23N3O3. The average molecular weight is 377 g/mol. The molecule has 2 amide bonds. The van der Waals surface area contributed by atoms with Gasteiger partial charge < -0.3 is 19.9 Å². The lowest BCUT2D eigenvalue weighted by molar-refractivity contribution is -0.135. The molecule has 0 radical (unpaired) electrons. The fourth-order valence-electron chi connectivity index (χ4n) is 3.80. The molecule has 0 spiro atoms. The Morgan fingerprint density at radius 1 is 1.18 bits per heavy atom. The molecule has 2 N–H and O–H groups in total. The van der Waals surface area contributed by atoms with Gasteiger partial charge in [-0.2, -0.15) is 0 Å². The zero-order valence-corrected chi connectivity index (χ0v) is 15.8. The molecule has 4 rings (SSSR count). The van der Waals surface area contributed by atoms with Gasteiger partial charge in [-0.05, 0) is 24.1 Å². The number of methoxy groups -OCH3 is 1. The number of likely N-dealkylation sites (tertiary alicyclic amines) is 1. The van der Waals surface area contributed by atoms with Crippen LogP contribution in [0, 0.1) is 0 Å². The molecular weight excluding hydrogens is 354 g/mol. The molecule has 1 aliphatic heterocycles. The first kappa shape index (κ1) is 18.1. The smallest absolute Gasteiger partial charge is 0.243 e. The van der Waals surface area contributed by atoms with E-state index in [0.29, 0.717) is 25.9 Å². The summed E-state index contributed by atoms with van der Waals surface area (Å²) in [5.41, 5.74) is 2.96. The van der Waals surface area contributed by atoms with Gasteiger partial charge in [0.25, 0.3) is 0 Å². The number of carbonyl (C=O) groups is 2. The monoisotopic (exact) mass is 377 g/mol. The Kier molecular flexibility index (Phi) is 5.02. The lowest BCUT2D eigenvalue weighted by Gasteiger charge is -2.24. The van der Waals surface area contributed by atoms with Crippen molar-refractivity contribution in [1.29, 1.82) is 0 Å². The van der Waals surface area contributed by atoms with Crippen LogP contribution in [-0.4, -0.2) is 34.8 Å². The van der Waals surface area contributed by atoms with Crippen molar-refractivity contribution in [2.45, 2.75) is 32.0 Å². The van der Waals surface area contributed by atoms with Gasteiger partial charge in [0.2, 0.25) is 11.8 Å². The highest BCUT2D eigenvalue weighted by molar-refractivity contribution is 5.91. The summed E-state index contributed by atoms with van der Waals surface area (Å²) in [7, 11) is 1.61. The highest BCUT2D eigenvalue weighted by Crippen LogP contribution is 2.26. The fraction of sp³-hybridized carbons (Fsp3) is 0.273. The highest BCUT2D eigenvalue weighted by Gasteiger charge is 2.36. The molecule has 1 atom stereocenters. The van der Waals surface area contributed by atoms with Crippen molar-refractivity contribution >= 4 is 22.7 Å². The predicted molar refractivity (Wildman–Crippen MR) is 107 cm³/mol. The number of nitrogens with zero attached hydrogens (tertiary/aromatic N) is 1. The molecule has 1 aromatic heterocycles. The first-order chi connectivity index (χ1) is 13.7. The van der Waals surface area contributed by atoms with E-state index >= 15 is 0 Å². The minimum Gasteiger partial charge on any atom is -0.496 e. The van der Waals surface area contributed by atoms with E-state index < -0.39 is 6.04 Å². The number of aromatic nitrogens is 1. The number of benzene rings is 2. The van der Waals surface area contributed by atoms with Gasteiger partial charge in [0.15, 0.2) is 0 Å². The minimum atomic E-state index is -0.448. The van der Waals surface area contributed by atoms with E-state index in [2.05, 4.69) is 10.3 Å². The Hall–Kier alpha value is -3.28. The summed E-state index contributed by atoms with van der Waals surface area (Å²) >= 11 is 0. The van der Waals surface area contributed by atoms with Crippen LogP contribution in [0.4, 0.5) is 0 Å². The summed E-state index contributed by atoms with van der Waals surface area (Å²) in [6, 6.07) is 15.1. The Labute approximate surface area is 163 Å². The van der Waals surface area contributed by atoms with Gasteiger partial charge in [0, 0.05) is 42.2 Å². The standard InChI is InChI=1S/C22H23N3O3/c1-28-20-9-5-2-6-15(20)12-24-22(27)19-10-11-21(26)25(19)14-16-13-23-18-8-4-3-7-17(16)18/h2-9,13,19,23H,10-12,14H2,1H3,(H,24,27). The molecule has 0 saturated carbocycles. The second-order valence-corrected chi connectivity index (χ2v) is 6.97. The second-order valence-electron chi connectivity index (χ2n) is 6.97. The molecule has 144 valence electrons. The Morgan fingerprint density at radius 2 is 1.96 bits per heavy atom. The van der Waals surface area contributed by atoms with E-state index in [1.54, 1.807) is 12.0 Å². The predicted octanol–water partition coefficient (Wildman–Crippen LogP) is 2.98. The van der Waals surface area contributed by atoms with Gasteiger partial charge in [0.05, 0.1) is 7.11 Å². The van der Waals surface area contributed by atoms with Crippen LogP contribution in [0.2, 0.25) is 0 Å². The van der Waals surface area contributed by atoms with Gasteiger partial charge in [-0.3, -0.25) is 9.59 Å². The zero-order valence-electron chi connectivity index (χ0n) is 15.8. The van der Waals surface area contributed by atoms with Gasteiger partial charge >= 0.3 is 0 Å². The lowest BCUT2D eigenvalue weighted by Crippen LogP contribution is -2.44. The van der Waals surface area contributed by atoms with Crippen LogP contribution in [-0.2, 0) is 22.7 Å². The number of nitrogens with one attached hydrogen (secondary N) is 2. The van der Waals surface area contributed by atoms with Crippen LogP contribution in [0.25, 0.3) is 10.9 Å². The summed E-state index contributed by atoms with van der Waals surface area (Å²) in [5, 5.41) is 4.04. The van der Waals surface area contributed by atoms with Crippen molar-refractivity contribution in [1.82, 2.24) is 15.2 Å². The summed E-state index contributed by atoms with van der Waals surface area (Å²) in [5.74, 6) is 0.625. The van der Waals surface area contributed by atoms with Gasteiger partial charge in [-0.25, -0.2) is 0 Å². The van der Waals surface area contributed by atoms with Crippen LogP contribution < -0.4 is 10.1 Å². The normalized spacial score (nSPS) is 16.5. The molecule has 2 heterocycles. The van der Waals surface area contributed by atoms with E-state index in [0.717, 1.165) is 27.8 Å². The lowest BCUT2D eigenvalue weighted by atomic mass is 10.1. The maximum absolute atomic E-state index is 12.8. The molecule has 3 aromatic rings. The van der Waals surface area contributed by atoms with Crippen LogP contribution in [0.1, 0.15) is 24.0 Å². The average Bonchev–Trinajstić information content (AvgIpc) is 3.31. The van der Waals surface area contributed by atoms with Crippen molar-refractivity contribution in [3.8, 4) is 5.75 Å². The van der Waals surface area contributed by atoms with Crippen LogP contribution in [0.3, 0.4) is 0 Å². The Bertz CT molecular complexity index is 1010. The van der Waals surface area contributed by atoms with Gasteiger partial charge in [-0.15, -0.1) is 0 Å². The van der Waals surface area contributed by atoms with E-state index in [-0.39, 0.29) is 11.8 Å². The largest absolute Gasteiger partial charge is 0.496 e. The third-order valence-electron chi connectivity index (χ3n) is 5.29. The van der Waals surface area contributed by atoms with Crippen LogP contribution in [0.5, 0.6) is 5.75 Å². The number of fused-ring (bicyclic) bond motifs is 1. The molecule has 1 fully saturated rings. The molecule has 6 heteroatoms. The number of carbonyl (C=O) groups excluding carboxylic acids is 2. The zero-order chi connectivity index (χ0) is 19.5. The maximum Gasteiger partial charge on any atom is 0.243 e. The van der Waals surface area contributed by atoms with Crippen molar-refractivity contribution < 1.29 is 14.3 Å². The molecule has 1 saturated heterocycles. The summed E-state index contributed by atoms with van der Waals surface area (Å²) in [6.07, 6.45) is 2.86. The van der Waals surface area contributed by atoms with Crippen molar-refractivity contribution in [2.75, 3.05) is 7.11 Å². The SMILES string of the molecule is COc1ccccc1CNC(=O)C1CCC(=O)N1Cc1c[nH]c2ccccc12. The molecule has 1 unspecified atom stereocenters. The molecule has 0 aliphatic carbocycles. The van der Waals surface area contributed by atoms with E-state index in [9.17, 15) is 9.59 Å². The maximum atomic E-state index is 12.8. The number of hydrogen-bond acceptors (Lipinski definition) is 3. The highest BCUT2D eigenvalue weighted by atomic mass is 16.5. The number of hydrogen-bond donors (Lipinski definition) is 2. The second kappa shape index (κ2) is 7.76. The number of ether oxygens (including phenoxy) is 1. The van der Waals surface area contributed by atoms with E-state index in [1.807, 2.05) is 54.7 Å². The molecule has 6 nitrogen and oxygen atoms in total. The van der Waals surface area contributed by atoms with Crippen LogP contribution >= 0.6 is 0 Å². The first-order valence-electron chi connectivity index (χ1n) is 9.41. The van der Waals surface area contributed by atoms with Gasteiger partial charge in [-0.1, -0.05) is 36.4 Å². The quantitative estimate of drug-likeness (QED) is 0.694. The third kappa shape index (κ3) is 3.45. The molecule has 2 aromatic carbocycles. The van der Waals surface area contributed by atoms with Gasteiger partial charge in [0.1, 0.15) is 11.8 Å². The topological polar surface area (TPSA) is 74.4 Å². The number of amides is 2. The minimum absolute atomic E-state index is 0.0164. The Morgan fingerprint density at radius 3 is 2.82 bits per heavy atom. The van der Waals surface area contributed by atoms with Crippen molar-refractivity contribution in [2.24, 2.45) is 0 Å². The summed E-state index contributed by atoms with van der Waals surface area (Å²) in [4.78, 5) is 30.2. The molecule has 28 heavy (non-hydrogen) atoms. The first-order valence-corrected chi connectivity index (χ1v) is 9.41. The van der Waals surface area contributed by atoms with E-state index in [4.69, 9.17) is 4.74 Å². The third-order valence-corrected chi connectivity index (χ3v) is 5.29. The Balaban J connectivity index is 1.47. The van der Waals surface area contributed by atoms with Crippen molar-refractivity contribution in [3.63, 3.8) is 0 Å². The number of aromatic amines is 1. The summed E-state index contributed by atoms with van der Waals surface area (Å²) in [6.45, 7) is 0.796. The molecule has 1 aliphatic rings. The van der Waals surface area contributed by atoms with Crippen LogP contribution in [0.15, 0.2) is 54.7 Å². The van der Waals surface area contributed by atoms with E-state index in [1.165, 1.54) is 0 Å². The molecule has 0 bridgehead atoms.